The summed E-state index contributed by atoms with van der Waals surface area (Å²) in [5, 5.41) is 11.3. The van der Waals surface area contributed by atoms with Crippen LogP contribution in [0.4, 0.5) is 24.5 Å². The third kappa shape index (κ3) is 3.60. The van der Waals surface area contributed by atoms with E-state index in [0.29, 0.717) is 6.54 Å². The fraction of sp³-hybridized carbons (Fsp3) is 0.389. The van der Waals surface area contributed by atoms with Crippen molar-refractivity contribution in [2.45, 2.75) is 32.5 Å². The van der Waals surface area contributed by atoms with Crippen molar-refractivity contribution in [3.63, 3.8) is 0 Å². The van der Waals surface area contributed by atoms with Crippen LogP contribution < -0.4 is 15.1 Å². The first-order valence-corrected chi connectivity index (χ1v) is 8.14. The lowest BCUT2D eigenvalue weighted by Gasteiger charge is -2.28. The van der Waals surface area contributed by atoms with Crippen molar-refractivity contribution in [3.05, 3.63) is 35.7 Å². The molecular weight excluding hydrogens is 361 g/mol. The molecule has 1 amide bonds. The number of ketones is 1. The summed E-state index contributed by atoms with van der Waals surface area (Å²) in [5.41, 5.74) is -0.718. The van der Waals surface area contributed by atoms with Crippen molar-refractivity contribution in [1.82, 2.24) is 5.32 Å². The quantitative estimate of drug-likeness (QED) is 0.642. The Balaban J connectivity index is 2.50. The predicted octanol–water partition coefficient (Wildman–Crippen LogP) is 2.72. The zero-order valence-corrected chi connectivity index (χ0v) is 15.3. The van der Waals surface area contributed by atoms with Gasteiger partial charge >= 0.3 is 12.1 Å². The number of hydrogen-bond donors (Lipinski definition) is 1. The second-order valence-electron chi connectivity index (χ2n) is 6.51. The summed E-state index contributed by atoms with van der Waals surface area (Å²) in [6.45, 7) is 4.53. The molecule has 1 aliphatic rings. The molecule has 1 heterocycles. The van der Waals surface area contributed by atoms with Crippen LogP contribution in [0, 0.1) is 11.3 Å². The molecule has 0 fully saturated rings. The van der Waals surface area contributed by atoms with Gasteiger partial charge in [0.2, 0.25) is 5.78 Å². The van der Waals surface area contributed by atoms with E-state index in [0.717, 1.165) is 25.2 Å². The van der Waals surface area contributed by atoms with E-state index in [4.69, 9.17) is 0 Å². The molecule has 2 rings (SSSR count). The topological polar surface area (TPSA) is 76.4 Å². The molecule has 0 spiro atoms. The Labute approximate surface area is 154 Å². The fourth-order valence-corrected chi connectivity index (χ4v) is 2.93. The van der Waals surface area contributed by atoms with Gasteiger partial charge in [-0.2, -0.15) is 18.4 Å². The lowest BCUT2D eigenvalue weighted by atomic mass is 9.93. The van der Waals surface area contributed by atoms with Crippen molar-refractivity contribution in [1.29, 1.82) is 5.26 Å². The maximum absolute atomic E-state index is 12.9. The van der Waals surface area contributed by atoms with Gasteiger partial charge in [0, 0.05) is 13.6 Å². The van der Waals surface area contributed by atoms with Crippen LogP contribution in [0.1, 0.15) is 20.8 Å². The first-order valence-electron chi connectivity index (χ1n) is 8.14. The third-order valence-corrected chi connectivity index (χ3v) is 4.24. The Kier molecular flexibility index (Phi) is 5.22. The molecule has 0 radical (unpaired) electrons. The summed E-state index contributed by atoms with van der Waals surface area (Å²) in [6.07, 6.45) is -5.13. The van der Waals surface area contributed by atoms with Crippen LogP contribution in [0.25, 0.3) is 0 Å². The number of rotatable bonds is 4. The number of halogens is 3. The highest BCUT2D eigenvalue weighted by molar-refractivity contribution is 6.09. The molecular formula is C18H19F3N4O2. The molecule has 0 aliphatic carbocycles. The van der Waals surface area contributed by atoms with Crippen molar-refractivity contribution in [2.24, 2.45) is 0 Å². The normalized spacial score (nSPS) is 15.9. The van der Waals surface area contributed by atoms with Crippen LogP contribution in [0.3, 0.4) is 0 Å². The number of alkyl halides is 3. The maximum atomic E-state index is 12.9. The van der Waals surface area contributed by atoms with Gasteiger partial charge in [0.1, 0.15) is 17.5 Å². The molecule has 0 bridgehead atoms. The molecule has 0 unspecified atom stereocenters. The van der Waals surface area contributed by atoms with Gasteiger partial charge < -0.3 is 15.1 Å². The molecule has 0 aromatic heterocycles. The fourth-order valence-electron chi connectivity index (χ4n) is 2.93. The Morgan fingerprint density at radius 1 is 1.19 bits per heavy atom. The van der Waals surface area contributed by atoms with Gasteiger partial charge in [-0.25, -0.2) is 0 Å². The number of fused-ring (bicyclic) bond motifs is 1. The van der Waals surface area contributed by atoms with Crippen LogP contribution in [0.2, 0.25) is 0 Å². The third-order valence-electron chi connectivity index (χ3n) is 4.24. The molecule has 1 N–H and O–H groups in total. The Morgan fingerprint density at radius 2 is 1.74 bits per heavy atom. The van der Waals surface area contributed by atoms with Gasteiger partial charge in [0.05, 0.1) is 16.9 Å². The average Bonchev–Trinajstić information content (AvgIpc) is 2.87. The number of amides is 1. The summed E-state index contributed by atoms with van der Waals surface area (Å²) >= 11 is 0. The minimum Gasteiger partial charge on any atom is -0.336 e. The summed E-state index contributed by atoms with van der Waals surface area (Å²) in [4.78, 5) is 27.5. The number of anilines is 2. The second kappa shape index (κ2) is 6.95. The second-order valence-corrected chi connectivity index (χ2v) is 6.51. The highest BCUT2D eigenvalue weighted by Gasteiger charge is 2.45. The Hall–Kier alpha value is -3.02. The zero-order valence-electron chi connectivity index (χ0n) is 15.3. The number of nitriles is 1. The molecule has 0 saturated heterocycles. The number of para-hydroxylation sites is 2. The molecule has 1 aromatic carbocycles. The van der Waals surface area contributed by atoms with Crippen molar-refractivity contribution < 1.29 is 22.8 Å². The van der Waals surface area contributed by atoms with E-state index in [-0.39, 0.29) is 11.4 Å². The summed E-state index contributed by atoms with van der Waals surface area (Å²) < 4.78 is 37.7. The van der Waals surface area contributed by atoms with Crippen molar-refractivity contribution >= 4 is 23.1 Å². The van der Waals surface area contributed by atoms with Gasteiger partial charge in [-0.15, -0.1) is 0 Å². The zero-order chi connectivity index (χ0) is 20.6. The lowest BCUT2D eigenvalue weighted by molar-refractivity contribution is -0.175. The molecule has 0 atom stereocenters. The van der Waals surface area contributed by atoms with Crippen LogP contribution in [0.5, 0.6) is 0 Å². The van der Waals surface area contributed by atoms with Gasteiger partial charge in [-0.05, 0) is 32.9 Å². The first kappa shape index (κ1) is 20.3. The van der Waals surface area contributed by atoms with Crippen LogP contribution in [0.15, 0.2) is 35.7 Å². The summed E-state index contributed by atoms with van der Waals surface area (Å²) in [7, 11) is 1.66. The van der Waals surface area contributed by atoms with Crippen molar-refractivity contribution in [3.8, 4) is 6.07 Å². The maximum Gasteiger partial charge on any atom is 0.471 e. The number of benzene rings is 1. The molecule has 6 nitrogen and oxygen atoms in total. The molecule has 144 valence electrons. The lowest BCUT2D eigenvalue weighted by Crippen LogP contribution is -2.54. The molecule has 1 aliphatic heterocycles. The SMILES string of the molecule is CCN1C(=C(C#N)C(=O)C(C)(C)NC(=O)C(F)(F)F)N(C)c2ccccc21. The van der Waals surface area contributed by atoms with E-state index in [1.54, 1.807) is 46.4 Å². The minimum absolute atomic E-state index is 0.264. The molecule has 0 saturated carbocycles. The summed E-state index contributed by atoms with van der Waals surface area (Å²) in [5.74, 6) is -2.88. The smallest absolute Gasteiger partial charge is 0.336 e. The monoisotopic (exact) mass is 380 g/mol. The number of Topliss-reactive ketones (excluding diaryl/α,β-unsaturated/α-hetero) is 1. The minimum atomic E-state index is -5.13. The van der Waals surface area contributed by atoms with Gasteiger partial charge in [-0.3, -0.25) is 9.59 Å². The molecule has 27 heavy (non-hydrogen) atoms. The number of nitrogens with one attached hydrogen (secondary N) is 1. The highest BCUT2D eigenvalue weighted by Crippen LogP contribution is 2.41. The first-order chi connectivity index (χ1) is 12.5. The van der Waals surface area contributed by atoms with E-state index >= 15 is 0 Å². The van der Waals surface area contributed by atoms with Crippen molar-refractivity contribution in [2.75, 3.05) is 23.4 Å². The van der Waals surface area contributed by atoms with Gasteiger partial charge in [0.25, 0.3) is 0 Å². The number of nitrogens with zero attached hydrogens (tertiary/aromatic N) is 3. The molecule has 9 heteroatoms. The largest absolute Gasteiger partial charge is 0.471 e. The number of carbonyl (C=O) groups is 2. The van der Waals surface area contributed by atoms with E-state index in [1.165, 1.54) is 0 Å². The van der Waals surface area contributed by atoms with Crippen LogP contribution in [-0.4, -0.2) is 37.0 Å². The Morgan fingerprint density at radius 3 is 2.22 bits per heavy atom. The predicted molar refractivity (Wildman–Crippen MR) is 93.8 cm³/mol. The standard InChI is InChI=1S/C18H19F3N4O2/c1-5-25-13-9-7-6-8-12(13)24(4)15(25)11(10-22)14(26)17(2,3)23-16(27)18(19,20)21/h6-9H,5H2,1-4H3,(H,23,27). The van der Waals surface area contributed by atoms with E-state index < -0.39 is 23.4 Å². The molecule has 1 aromatic rings. The summed E-state index contributed by atoms with van der Waals surface area (Å²) in [6, 6.07) is 9.03. The highest BCUT2D eigenvalue weighted by atomic mass is 19.4. The van der Waals surface area contributed by atoms with Crippen LogP contribution in [-0.2, 0) is 9.59 Å². The average molecular weight is 380 g/mol. The van der Waals surface area contributed by atoms with Crippen LogP contribution >= 0.6 is 0 Å². The number of carbonyl (C=O) groups excluding carboxylic acids is 2. The van der Waals surface area contributed by atoms with E-state index in [2.05, 4.69) is 0 Å². The van der Waals surface area contributed by atoms with E-state index in [1.807, 2.05) is 13.0 Å². The number of hydrogen-bond acceptors (Lipinski definition) is 5. The van der Waals surface area contributed by atoms with E-state index in [9.17, 15) is 28.0 Å². The Bertz CT molecular complexity index is 853. The van der Waals surface area contributed by atoms with Gasteiger partial charge in [0.15, 0.2) is 0 Å². The van der Waals surface area contributed by atoms with Gasteiger partial charge in [-0.1, -0.05) is 12.1 Å².